The lowest BCUT2D eigenvalue weighted by Crippen LogP contribution is -2.36. The summed E-state index contributed by atoms with van der Waals surface area (Å²) in [5.74, 6) is 0.693. The van der Waals surface area contributed by atoms with Gasteiger partial charge in [0.15, 0.2) is 0 Å². The quantitative estimate of drug-likeness (QED) is 0.766. The Hall–Kier alpha value is -1.70. The number of aryl methyl sites for hydroxylation is 1. The first-order valence-electron chi connectivity index (χ1n) is 7.11. The molecule has 19 heavy (non-hydrogen) atoms. The van der Waals surface area contributed by atoms with Crippen LogP contribution in [-0.2, 0) is 0 Å². The first kappa shape index (κ1) is 12.3. The third kappa shape index (κ3) is 2.27. The zero-order valence-corrected chi connectivity index (χ0v) is 11.9. The first-order valence-corrected chi connectivity index (χ1v) is 7.11. The average Bonchev–Trinajstić information content (AvgIpc) is 2.38. The van der Waals surface area contributed by atoms with Crippen LogP contribution in [0.1, 0.15) is 24.5 Å². The normalized spacial score (nSPS) is 22.1. The Balaban J connectivity index is 2.02. The molecule has 1 aromatic carbocycles. The fourth-order valence-corrected chi connectivity index (χ4v) is 3.25. The number of hydrogen-bond donors (Lipinski definition) is 1. The molecule has 2 aliphatic rings. The number of hydrogen-bond acceptors (Lipinski definition) is 2. The monoisotopic (exact) mass is 254 g/mol. The van der Waals surface area contributed by atoms with Crippen molar-refractivity contribution in [3.05, 3.63) is 41.5 Å². The van der Waals surface area contributed by atoms with Crippen LogP contribution in [0.15, 0.2) is 30.4 Å². The van der Waals surface area contributed by atoms with Crippen LogP contribution in [0.5, 0.6) is 0 Å². The maximum absolute atomic E-state index is 4.19. The van der Waals surface area contributed by atoms with E-state index >= 15 is 0 Å². The second-order valence-corrected chi connectivity index (χ2v) is 5.91. The minimum Gasteiger partial charge on any atom is -0.381 e. The van der Waals surface area contributed by atoms with E-state index < -0.39 is 0 Å². The van der Waals surface area contributed by atoms with Gasteiger partial charge in [-0.05, 0) is 30.9 Å². The van der Waals surface area contributed by atoms with Crippen LogP contribution in [-0.4, -0.2) is 19.6 Å². The van der Waals surface area contributed by atoms with Crippen molar-refractivity contribution in [3.63, 3.8) is 0 Å². The summed E-state index contributed by atoms with van der Waals surface area (Å²) in [5, 5.41) is 3.50. The van der Waals surface area contributed by atoms with Crippen molar-refractivity contribution in [1.82, 2.24) is 0 Å². The minimum atomic E-state index is 0.693. The molecule has 2 aliphatic heterocycles. The SMILES string of the molecule is C=C1CC(C)CN(c2ccc(C)c3c2C=CCN3)C1. The highest BCUT2D eigenvalue weighted by Gasteiger charge is 2.22. The Morgan fingerprint density at radius 2 is 2.21 bits per heavy atom. The van der Waals surface area contributed by atoms with E-state index in [1.807, 2.05) is 0 Å². The molecule has 2 nitrogen and oxygen atoms in total. The summed E-state index contributed by atoms with van der Waals surface area (Å²) in [6, 6.07) is 4.49. The second-order valence-electron chi connectivity index (χ2n) is 5.91. The Bertz CT molecular complexity index is 542. The van der Waals surface area contributed by atoms with Gasteiger partial charge in [-0.1, -0.05) is 37.3 Å². The standard InChI is InChI=1S/C17H22N2/c1-12-9-13(2)11-19(10-12)16-7-6-14(3)17-15(16)5-4-8-18-17/h4-7,13,18H,1,8-11H2,2-3H3. The van der Waals surface area contributed by atoms with E-state index in [-0.39, 0.29) is 0 Å². The van der Waals surface area contributed by atoms with Crippen LogP contribution in [0.25, 0.3) is 6.08 Å². The van der Waals surface area contributed by atoms with E-state index in [0.29, 0.717) is 5.92 Å². The van der Waals surface area contributed by atoms with Gasteiger partial charge in [-0.15, -0.1) is 0 Å². The summed E-state index contributed by atoms with van der Waals surface area (Å²) in [7, 11) is 0. The predicted octanol–water partition coefficient (Wildman–Crippen LogP) is 3.84. The van der Waals surface area contributed by atoms with Crippen LogP contribution < -0.4 is 10.2 Å². The number of anilines is 2. The number of piperidine rings is 1. The Labute approximate surface area is 115 Å². The van der Waals surface area contributed by atoms with Gasteiger partial charge in [0.25, 0.3) is 0 Å². The molecule has 2 heteroatoms. The highest BCUT2D eigenvalue weighted by Crippen LogP contribution is 2.36. The van der Waals surface area contributed by atoms with Crippen molar-refractivity contribution in [1.29, 1.82) is 0 Å². The smallest absolute Gasteiger partial charge is 0.0466 e. The Kier molecular flexibility index (Phi) is 3.09. The summed E-state index contributed by atoms with van der Waals surface area (Å²) >= 11 is 0. The first-order chi connectivity index (χ1) is 9.15. The molecule has 1 fully saturated rings. The van der Waals surface area contributed by atoms with Crippen LogP contribution >= 0.6 is 0 Å². The van der Waals surface area contributed by atoms with Gasteiger partial charge in [0, 0.05) is 36.6 Å². The highest BCUT2D eigenvalue weighted by atomic mass is 15.1. The number of nitrogens with zero attached hydrogens (tertiary/aromatic N) is 1. The van der Waals surface area contributed by atoms with Gasteiger partial charge < -0.3 is 10.2 Å². The third-order valence-corrected chi connectivity index (χ3v) is 4.04. The zero-order valence-electron chi connectivity index (χ0n) is 11.9. The summed E-state index contributed by atoms with van der Waals surface area (Å²) in [4.78, 5) is 2.48. The van der Waals surface area contributed by atoms with E-state index in [1.54, 1.807) is 0 Å². The largest absolute Gasteiger partial charge is 0.381 e. The van der Waals surface area contributed by atoms with Crippen LogP contribution in [0.3, 0.4) is 0 Å². The molecule has 0 amide bonds. The Morgan fingerprint density at radius 3 is 3.00 bits per heavy atom. The van der Waals surface area contributed by atoms with E-state index in [4.69, 9.17) is 0 Å². The van der Waals surface area contributed by atoms with Crippen LogP contribution in [0.2, 0.25) is 0 Å². The number of rotatable bonds is 1. The molecular weight excluding hydrogens is 232 g/mol. The molecule has 0 saturated carbocycles. The second kappa shape index (κ2) is 4.76. The summed E-state index contributed by atoms with van der Waals surface area (Å²) < 4.78 is 0. The topological polar surface area (TPSA) is 15.3 Å². The van der Waals surface area contributed by atoms with Gasteiger partial charge in [-0.2, -0.15) is 0 Å². The third-order valence-electron chi connectivity index (χ3n) is 4.04. The van der Waals surface area contributed by atoms with Crippen LogP contribution in [0.4, 0.5) is 11.4 Å². The molecule has 0 spiro atoms. The van der Waals surface area contributed by atoms with Crippen molar-refractivity contribution in [3.8, 4) is 0 Å². The maximum atomic E-state index is 4.19. The number of nitrogens with one attached hydrogen (secondary N) is 1. The molecule has 1 atom stereocenters. The van der Waals surface area contributed by atoms with Crippen molar-refractivity contribution < 1.29 is 0 Å². The molecular formula is C17H22N2. The molecule has 100 valence electrons. The van der Waals surface area contributed by atoms with E-state index in [9.17, 15) is 0 Å². The lowest BCUT2D eigenvalue weighted by molar-refractivity contribution is 0.517. The number of fused-ring (bicyclic) bond motifs is 1. The molecule has 1 unspecified atom stereocenters. The molecule has 1 N–H and O–H groups in total. The van der Waals surface area contributed by atoms with Crippen molar-refractivity contribution in [2.75, 3.05) is 29.9 Å². The molecule has 1 saturated heterocycles. The van der Waals surface area contributed by atoms with Gasteiger partial charge in [0.1, 0.15) is 0 Å². The molecule has 0 bridgehead atoms. The lowest BCUT2D eigenvalue weighted by Gasteiger charge is -2.36. The zero-order chi connectivity index (χ0) is 13.4. The summed E-state index contributed by atoms with van der Waals surface area (Å²) in [6.45, 7) is 11.7. The molecule has 1 aromatic rings. The van der Waals surface area contributed by atoms with Crippen molar-refractivity contribution in [2.24, 2.45) is 5.92 Å². The van der Waals surface area contributed by atoms with E-state index in [2.05, 4.69) is 54.9 Å². The van der Waals surface area contributed by atoms with Gasteiger partial charge >= 0.3 is 0 Å². The predicted molar refractivity (Wildman–Crippen MR) is 83.8 cm³/mol. The maximum Gasteiger partial charge on any atom is 0.0466 e. The van der Waals surface area contributed by atoms with E-state index in [0.717, 1.165) is 19.6 Å². The highest BCUT2D eigenvalue weighted by molar-refractivity contribution is 5.83. The van der Waals surface area contributed by atoms with Gasteiger partial charge in [0.05, 0.1) is 0 Å². The van der Waals surface area contributed by atoms with Gasteiger partial charge in [-0.25, -0.2) is 0 Å². The summed E-state index contributed by atoms with van der Waals surface area (Å²) in [5.41, 5.74) is 6.65. The number of benzene rings is 1. The summed E-state index contributed by atoms with van der Waals surface area (Å²) in [6.07, 6.45) is 5.63. The van der Waals surface area contributed by atoms with E-state index in [1.165, 1.54) is 34.5 Å². The van der Waals surface area contributed by atoms with Crippen molar-refractivity contribution >= 4 is 17.5 Å². The molecule has 0 aromatic heterocycles. The molecule has 3 rings (SSSR count). The molecule has 2 heterocycles. The fourth-order valence-electron chi connectivity index (χ4n) is 3.25. The van der Waals surface area contributed by atoms with Crippen molar-refractivity contribution in [2.45, 2.75) is 20.3 Å². The van der Waals surface area contributed by atoms with Crippen LogP contribution in [0, 0.1) is 12.8 Å². The van der Waals surface area contributed by atoms with Gasteiger partial charge in [0.2, 0.25) is 0 Å². The average molecular weight is 254 g/mol. The molecule has 0 aliphatic carbocycles. The van der Waals surface area contributed by atoms with Gasteiger partial charge in [-0.3, -0.25) is 0 Å². The lowest BCUT2D eigenvalue weighted by atomic mass is 9.94. The minimum absolute atomic E-state index is 0.693. The fraction of sp³-hybridized carbons (Fsp3) is 0.412. The molecule has 0 radical (unpaired) electrons. The Morgan fingerprint density at radius 1 is 1.37 bits per heavy atom.